The van der Waals surface area contributed by atoms with E-state index in [-0.39, 0.29) is 41.6 Å². The summed E-state index contributed by atoms with van der Waals surface area (Å²) in [5.74, 6) is -0.377. The first kappa shape index (κ1) is 14.0. The average Bonchev–Trinajstić information content (AvgIpc) is 2.70. The Labute approximate surface area is 122 Å². The van der Waals surface area contributed by atoms with Gasteiger partial charge in [0.05, 0.1) is 5.75 Å². The highest BCUT2D eigenvalue weighted by molar-refractivity contribution is 9.10. The molecule has 100 valence electrons. The maximum absolute atomic E-state index is 11.7. The van der Waals surface area contributed by atoms with Crippen molar-refractivity contribution in [2.75, 3.05) is 18.8 Å². The van der Waals surface area contributed by atoms with Crippen molar-refractivity contribution >= 4 is 44.7 Å². The molecule has 0 atom stereocenters. The van der Waals surface area contributed by atoms with E-state index >= 15 is 0 Å². The first-order chi connectivity index (χ1) is 9.08. The Morgan fingerprint density at radius 1 is 1.47 bits per heavy atom. The second-order valence-electron chi connectivity index (χ2n) is 3.70. The molecule has 19 heavy (non-hydrogen) atoms. The Bertz CT molecular complexity index is 522. The topological polar surface area (TPSA) is 79.4 Å². The Balaban J connectivity index is 1.84. The number of nitrogens with one attached hydrogen (secondary N) is 1. The van der Waals surface area contributed by atoms with E-state index < -0.39 is 0 Å². The maximum Gasteiger partial charge on any atom is 0.288 e. The molecule has 0 spiro atoms. The molecular weight excluding hydrogens is 334 g/mol. The van der Waals surface area contributed by atoms with Crippen LogP contribution in [0.3, 0.4) is 0 Å². The number of aromatic nitrogens is 1. The zero-order chi connectivity index (χ0) is 13.8. The Kier molecular flexibility index (Phi) is 4.54. The summed E-state index contributed by atoms with van der Waals surface area (Å²) in [7, 11) is 0. The van der Waals surface area contributed by atoms with Crippen LogP contribution in [0.5, 0.6) is 0 Å². The third kappa shape index (κ3) is 3.54. The summed E-state index contributed by atoms with van der Waals surface area (Å²) < 4.78 is 0.571. The quantitative estimate of drug-likeness (QED) is 0.832. The number of nitrogens with zero attached hydrogens (tertiary/aromatic N) is 2. The van der Waals surface area contributed by atoms with Crippen LogP contribution in [0.4, 0.5) is 4.79 Å². The van der Waals surface area contributed by atoms with Crippen LogP contribution in [0, 0.1) is 0 Å². The smallest absolute Gasteiger partial charge is 0.288 e. The van der Waals surface area contributed by atoms with Gasteiger partial charge in [-0.1, -0.05) is 17.8 Å². The largest absolute Gasteiger partial charge is 0.349 e. The summed E-state index contributed by atoms with van der Waals surface area (Å²) in [5, 5.41) is 2.35. The zero-order valence-electron chi connectivity index (χ0n) is 9.76. The van der Waals surface area contributed by atoms with Crippen LogP contribution >= 0.6 is 27.7 Å². The van der Waals surface area contributed by atoms with Gasteiger partial charge in [-0.15, -0.1) is 0 Å². The third-order valence-electron chi connectivity index (χ3n) is 2.41. The van der Waals surface area contributed by atoms with Gasteiger partial charge >= 0.3 is 0 Å². The van der Waals surface area contributed by atoms with Crippen LogP contribution in [0.1, 0.15) is 10.5 Å². The monoisotopic (exact) mass is 343 g/mol. The van der Waals surface area contributed by atoms with Crippen molar-refractivity contribution in [3.63, 3.8) is 0 Å². The van der Waals surface area contributed by atoms with Crippen molar-refractivity contribution < 1.29 is 14.4 Å². The van der Waals surface area contributed by atoms with E-state index in [4.69, 9.17) is 0 Å². The first-order valence-corrected chi connectivity index (χ1v) is 7.23. The van der Waals surface area contributed by atoms with E-state index in [9.17, 15) is 14.4 Å². The fourth-order valence-electron chi connectivity index (χ4n) is 1.50. The van der Waals surface area contributed by atoms with Crippen molar-refractivity contribution in [2.45, 2.75) is 0 Å². The number of carbonyl (C=O) groups excluding carboxylic acids is 3. The van der Waals surface area contributed by atoms with Gasteiger partial charge in [0.2, 0.25) is 5.91 Å². The molecule has 1 saturated heterocycles. The molecule has 0 aliphatic carbocycles. The normalized spacial score (nSPS) is 14.9. The highest BCUT2D eigenvalue weighted by Crippen LogP contribution is 2.17. The Morgan fingerprint density at radius 3 is 2.89 bits per heavy atom. The van der Waals surface area contributed by atoms with Crippen LogP contribution in [0.15, 0.2) is 22.8 Å². The number of imide groups is 1. The van der Waals surface area contributed by atoms with E-state index in [1.807, 2.05) is 0 Å². The predicted molar refractivity (Wildman–Crippen MR) is 73.8 cm³/mol. The minimum absolute atomic E-state index is 0.181. The second kappa shape index (κ2) is 6.16. The molecule has 1 aromatic rings. The molecule has 2 rings (SSSR count). The number of thioether (sulfide) groups is 1. The molecule has 8 heteroatoms. The zero-order valence-corrected chi connectivity index (χ0v) is 12.2. The van der Waals surface area contributed by atoms with Crippen LogP contribution < -0.4 is 5.32 Å². The second-order valence-corrected chi connectivity index (χ2v) is 5.44. The molecule has 6 nitrogen and oxygen atoms in total. The molecule has 0 saturated carbocycles. The fraction of sp³-hybridized carbons (Fsp3) is 0.273. The van der Waals surface area contributed by atoms with Gasteiger partial charge < -0.3 is 5.32 Å². The number of hydrogen-bond acceptors (Lipinski definition) is 5. The number of rotatable bonds is 4. The number of carbonyl (C=O) groups is 3. The van der Waals surface area contributed by atoms with Crippen LogP contribution in [-0.2, 0) is 4.79 Å². The SMILES string of the molecule is O=C(NCCN1C(=O)CSC1=O)c1cccc(Br)n1. The van der Waals surface area contributed by atoms with Crippen molar-refractivity contribution in [3.8, 4) is 0 Å². The lowest BCUT2D eigenvalue weighted by Crippen LogP contribution is -2.37. The van der Waals surface area contributed by atoms with E-state index in [0.29, 0.717) is 4.60 Å². The average molecular weight is 344 g/mol. The fourth-order valence-corrected chi connectivity index (χ4v) is 2.60. The van der Waals surface area contributed by atoms with Crippen molar-refractivity contribution in [1.82, 2.24) is 15.2 Å². The molecule has 0 aromatic carbocycles. The van der Waals surface area contributed by atoms with E-state index in [1.54, 1.807) is 18.2 Å². The molecule has 2 heterocycles. The van der Waals surface area contributed by atoms with Crippen LogP contribution in [-0.4, -0.2) is 45.8 Å². The molecule has 0 bridgehead atoms. The molecule has 1 fully saturated rings. The number of hydrogen-bond donors (Lipinski definition) is 1. The minimum Gasteiger partial charge on any atom is -0.349 e. The lowest BCUT2D eigenvalue weighted by atomic mass is 10.3. The highest BCUT2D eigenvalue weighted by Gasteiger charge is 2.29. The lowest BCUT2D eigenvalue weighted by molar-refractivity contribution is -0.124. The molecule has 1 N–H and O–H groups in total. The van der Waals surface area contributed by atoms with Gasteiger partial charge in [-0.25, -0.2) is 4.98 Å². The Morgan fingerprint density at radius 2 is 2.26 bits per heavy atom. The highest BCUT2D eigenvalue weighted by atomic mass is 79.9. The molecule has 1 aromatic heterocycles. The molecule has 0 unspecified atom stereocenters. The lowest BCUT2D eigenvalue weighted by Gasteiger charge is -2.12. The van der Waals surface area contributed by atoms with E-state index in [0.717, 1.165) is 16.7 Å². The molecular formula is C11H10BrN3O3S. The van der Waals surface area contributed by atoms with E-state index in [2.05, 4.69) is 26.2 Å². The first-order valence-electron chi connectivity index (χ1n) is 5.46. The van der Waals surface area contributed by atoms with Gasteiger partial charge in [0.15, 0.2) is 0 Å². The third-order valence-corrected chi connectivity index (χ3v) is 3.71. The molecule has 3 amide bonds. The predicted octanol–water partition coefficient (Wildman–Crippen LogP) is 1.27. The van der Waals surface area contributed by atoms with Crippen molar-refractivity contribution in [1.29, 1.82) is 0 Å². The summed E-state index contributed by atoms with van der Waals surface area (Å²) in [4.78, 5) is 39.5. The minimum atomic E-state index is -0.340. The number of pyridine rings is 1. The summed E-state index contributed by atoms with van der Waals surface area (Å²) in [6.45, 7) is 0.398. The van der Waals surface area contributed by atoms with Gasteiger partial charge in [-0.3, -0.25) is 19.3 Å². The van der Waals surface area contributed by atoms with Crippen LogP contribution in [0.25, 0.3) is 0 Å². The number of halogens is 1. The van der Waals surface area contributed by atoms with Crippen LogP contribution in [0.2, 0.25) is 0 Å². The van der Waals surface area contributed by atoms with Crippen molar-refractivity contribution in [2.24, 2.45) is 0 Å². The Hall–Kier alpha value is -1.41. The summed E-state index contributed by atoms with van der Waals surface area (Å²) in [5.41, 5.74) is 0.280. The molecule has 0 radical (unpaired) electrons. The summed E-state index contributed by atoms with van der Waals surface area (Å²) in [6.07, 6.45) is 0. The summed E-state index contributed by atoms with van der Waals surface area (Å²) >= 11 is 4.15. The van der Waals surface area contributed by atoms with Gasteiger partial charge in [0.1, 0.15) is 10.3 Å². The van der Waals surface area contributed by atoms with Crippen molar-refractivity contribution in [3.05, 3.63) is 28.5 Å². The standard InChI is InChI=1S/C11H10BrN3O3S/c12-8-3-1-2-7(14-8)10(17)13-4-5-15-9(16)6-19-11(15)18/h1-3H,4-6H2,(H,13,17). The molecule has 1 aliphatic heterocycles. The number of amides is 3. The van der Waals surface area contributed by atoms with Gasteiger partial charge in [0.25, 0.3) is 11.1 Å². The maximum atomic E-state index is 11.7. The van der Waals surface area contributed by atoms with Gasteiger partial charge in [-0.05, 0) is 28.1 Å². The van der Waals surface area contributed by atoms with E-state index in [1.165, 1.54) is 0 Å². The van der Waals surface area contributed by atoms with Gasteiger partial charge in [-0.2, -0.15) is 0 Å². The summed E-state index contributed by atoms with van der Waals surface area (Å²) in [6, 6.07) is 5.01. The van der Waals surface area contributed by atoms with Gasteiger partial charge in [0, 0.05) is 13.1 Å². The molecule has 1 aliphatic rings.